The predicted molar refractivity (Wildman–Crippen MR) is 86.5 cm³/mol. The molecule has 1 aromatic heterocycles. The first-order valence-electron chi connectivity index (χ1n) is 7.67. The SMILES string of the molecule is CCCCCNc1ccc(NC(=O)c2ccc(F)c(F)c2F)nc1. The fourth-order valence-electron chi connectivity index (χ4n) is 2.07. The number of amides is 1. The van der Waals surface area contributed by atoms with E-state index in [0.717, 1.165) is 37.6 Å². The molecule has 2 rings (SSSR count). The van der Waals surface area contributed by atoms with Crippen LogP contribution >= 0.6 is 0 Å². The van der Waals surface area contributed by atoms with Crippen LogP contribution in [-0.2, 0) is 0 Å². The normalized spacial score (nSPS) is 10.5. The highest BCUT2D eigenvalue weighted by Crippen LogP contribution is 2.17. The highest BCUT2D eigenvalue weighted by atomic mass is 19.2. The second-order valence-electron chi connectivity index (χ2n) is 5.24. The predicted octanol–water partition coefficient (Wildman–Crippen LogP) is 4.35. The van der Waals surface area contributed by atoms with Gasteiger partial charge in [-0.25, -0.2) is 18.2 Å². The Bertz CT molecular complexity index is 705. The molecule has 1 amide bonds. The zero-order valence-electron chi connectivity index (χ0n) is 13.2. The number of nitrogens with zero attached hydrogens (tertiary/aromatic N) is 1. The Balaban J connectivity index is 1.98. The number of carbonyl (C=O) groups is 1. The summed E-state index contributed by atoms with van der Waals surface area (Å²) in [6.07, 6.45) is 4.84. The van der Waals surface area contributed by atoms with Crippen molar-refractivity contribution in [1.29, 1.82) is 0 Å². The van der Waals surface area contributed by atoms with Gasteiger partial charge in [-0.05, 0) is 30.7 Å². The van der Waals surface area contributed by atoms with Crippen LogP contribution in [0.4, 0.5) is 24.7 Å². The number of hydrogen-bond acceptors (Lipinski definition) is 3. The molecular formula is C17H18F3N3O. The van der Waals surface area contributed by atoms with Gasteiger partial charge in [0.25, 0.3) is 5.91 Å². The van der Waals surface area contributed by atoms with E-state index in [-0.39, 0.29) is 5.82 Å². The molecule has 0 aliphatic carbocycles. The van der Waals surface area contributed by atoms with Gasteiger partial charge in [0.2, 0.25) is 0 Å². The van der Waals surface area contributed by atoms with Crippen molar-refractivity contribution in [3.05, 3.63) is 53.5 Å². The van der Waals surface area contributed by atoms with Gasteiger partial charge in [0.15, 0.2) is 17.5 Å². The molecule has 1 aromatic carbocycles. The number of pyridine rings is 1. The lowest BCUT2D eigenvalue weighted by Gasteiger charge is -2.08. The molecule has 1 heterocycles. The number of unbranched alkanes of at least 4 members (excludes halogenated alkanes) is 2. The molecule has 128 valence electrons. The molecule has 0 aliphatic rings. The van der Waals surface area contributed by atoms with Gasteiger partial charge in [-0.1, -0.05) is 19.8 Å². The Labute approximate surface area is 138 Å². The van der Waals surface area contributed by atoms with Crippen molar-refractivity contribution < 1.29 is 18.0 Å². The van der Waals surface area contributed by atoms with Crippen LogP contribution in [0.15, 0.2) is 30.5 Å². The van der Waals surface area contributed by atoms with Crippen LogP contribution in [0.2, 0.25) is 0 Å². The van der Waals surface area contributed by atoms with Crippen molar-refractivity contribution >= 4 is 17.4 Å². The minimum Gasteiger partial charge on any atom is -0.384 e. The van der Waals surface area contributed by atoms with E-state index in [4.69, 9.17) is 0 Å². The lowest BCUT2D eigenvalue weighted by Crippen LogP contribution is -2.16. The topological polar surface area (TPSA) is 54.0 Å². The maximum Gasteiger partial charge on any atom is 0.259 e. The summed E-state index contributed by atoms with van der Waals surface area (Å²) in [5.74, 6) is -5.27. The van der Waals surface area contributed by atoms with Crippen LogP contribution in [0.5, 0.6) is 0 Å². The van der Waals surface area contributed by atoms with Crippen LogP contribution in [-0.4, -0.2) is 17.4 Å². The lowest BCUT2D eigenvalue weighted by molar-refractivity contribution is 0.102. The van der Waals surface area contributed by atoms with E-state index in [9.17, 15) is 18.0 Å². The molecule has 24 heavy (non-hydrogen) atoms. The summed E-state index contributed by atoms with van der Waals surface area (Å²) in [5, 5.41) is 5.53. The summed E-state index contributed by atoms with van der Waals surface area (Å²) in [6.45, 7) is 2.94. The van der Waals surface area contributed by atoms with E-state index in [1.807, 2.05) is 0 Å². The van der Waals surface area contributed by atoms with E-state index in [1.165, 1.54) is 12.3 Å². The summed E-state index contributed by atoms with van der Waals surface area (Å²) in [4.78, 5) is 16.0. The van der Waals surface area contributed by atoms with E-state index >= 15 is 0 Å². The summed E-state index contributed by atoms with van der Waals surface area (Å²) >= 11 is 0. The van der Waals surface area contributed by atoms with Gasteiger partial charge in [0, 0.05) is 6.54 Å². The van der Waals surface area contributed by atoms with Crippen LogP contribution in [0.1, 0.15) is 36.5 Å². The number of aromatic nitrogens is 1. The fraction of sp³-hybridized carbons (Fsp3) is 0.294. The van der Waals surface area contributed by atoms with Crippen LogP contribution in [0.3, 0.4) is 0 Å². The Hall–Kier alpha value is -2.57. The first-order chi connectivity index (χ1) is 11.5. The zero-order chi connectivity index (χ0) is 17.5. The molecule has 0 spiro atoms. The average molecular weight is 337 g/mol. The molecule has 0 radical (unpaired) electrons. The number of hydrogen-bond donors (Lipinski definition) is 2. The molecule has 0 fully saturated rings. The largest absolute Gasteiger partial charge is 0.384 e. The summed E-state index contributed by atoms with van der Waals surface area (Å²) < 4.78 is 39.6. The molecule has 2 aromatic rings. The van der Waals surface area contributed by atoms with Gasteiger partial charge in [-0.3, -0.25) is 4.79 Å². The quantitative estimate of drug-likeness (QED) is 0.583. The smallest absolute Gasteiger partial charge is 0.259 e. The summed E-state index contributed by atoms with van der Waals surface area (Å²) in [5.41, 5.74) is 0.209. The second kappa shape index (κ2) is 8.33. The second-order valence-corrected chi connectivity index (χ2v) is 5.24. The van der Waals surface area contributed by atoms with E-state index in [2.05, 4.69) is 22.5 Å². The molecule has 0 bridgehead atoms. The molecule has 0 aliphatic heterocycles. The molecule has 0 saturated carbocycles. The number of halogens is 3. The van der Waals surface area contributed by atoms with Gasteiger partial charge < -0.3 is 10.6 Å². The summed E-state index contributed by atoms with van der Waals surface area (Å²) in [6, 6.07) is 4.84. The van der Waals surface area contributed by atoms with Crippen molar-refractivity contribution in [2.45, 2.75) is 26.2 Å². The van der Waals surface area contributed by atoms with Crippen LogP contribution < -0.4 is 10.6 Å². The van der Waals surface area contributed by atoms with Crippen LogP contribution in [0, 0.1) is 17.5 Å². The number of anilines is 2. The molecule has 0 atom stereocenters. The maximum atomic E-state index is 13.6. The highest BCUT2D eigenvalue weighted by Gasteiger charge is 2.19. The van der Waals surface area contributed by atoms with Gasteiger partial charge in [0.05, 0.1) is 17.4 Å². The van der Waals surface area contributed by atoms with E-state index in [0.29, 0.717) is 6.07 Å². The van der Waals surface area contributed by atoms with Crippen molar-refractivity contribution in [3.63, 3.8) is 0 Å². The lowest BCUT2D eigenvalue weighted by atomic mass is 10.2. The first-order valence-corrected chi connectivity index (χ1v) is 7.67. The molecule has 0 saturated heterocycles. The zero-order valence-corrected chi connectivity index (χ0v) is 13.2. The van der Waals surface area contributed by atoms with Crippen LogP contribution in [0.25, 0.3) is 0 Å². The number of carbonyl (C=O) groups excluding carboxylic acids is 1. The molecule has 4 nitrogen and oxygen atoms in total. The van der Waals surface area contributed by atoms with E-state index < -0.39 is 28.9 Å². The first kappa shape index (κ1) is 17.8. The minimum atomic E-state index is -1.68. The van der Waals surface area contributed by atoms with Gasteiger partial charge in [-0.15, -0.1) is 0 Å². The standard InChI is InChI=1S/C17H18F3N3O/c1-2-3-4-9-21-11-5-8-14(22-10-11)23-17(24)12-6-7-13(18)16(20)15(12)19/h5-8,10,21H,2-4,9H2,1H3,(H,22,23,24). The molecule has 7 heteroatoms. The maximum absolute atomic E-state index is 13.6. The van der Waals surface area contributed by atoms with Crippen molar-refractivity contribution in [2.24, 2.45) is 0 Å². The van der Waals surface area contributed by atoms with Crippen molar-refractivity contribution in [2.75, 3.05) is 17.2 Å². The molecule has 2 N–H and O–H groups in total. The molecule has 0 unspecified atom stereocenters. The van der Waals surface area contributed by atoms with Gasteiger partial charge in [-0.2, -0.15) is 0 Å². The van der Waals surface area contributed by atoms with Crippen molar-refractivity contribution in [3.8, 4) is 0 Å². The van der Waals surface area contributed by atoms with Gasteiger partial charge >= 0.3 is 0 Å². The molecular weight excluding hydrogens is 319 g/mol. The third-order valence-electron chi connectivity index (χ3n) is 3.39. The fourth-order valence-corrected chi connectivity index (χ4v) is 2.07. The summed E-state index contributed by atoms with van der Waals surface area (Å²) in [7, 11) is 0. The highest BCUT2D eigenvalue weighted by molar-refractivity contribution is 6.04. The van der Waals surface area contributed by atoms with E-state index in [1.54, 1.807) is 6.07 Å². The Morgan fingerprint density at radius 1 is 1.08 bits per heavy atom. The number of benzene rings is 1. The average Bonchev–Trinajstić information content (AvgIpc) is 2.58. The minimum absolute atomic E-state index is 0.184. The van der Waals surface area contributed by atoms with Gasteiger partial charge in [0.1, 0.15) is 5.82 Å². The Morgan fingerprint density at radius 3 is 2.54 bits per heavy atom. The monoisotopic (exact) mass is 337 g/mol. The Morgan fingerprint density at radius 2 is 1.88 bits per heavy atom. The number of rotatable bonds is 7. The Kier molecular flexibility index (Phi) is 6.17. The van der Waals surface area contributed by atoms with Crippen molar-refractivity contribution in [1.82, 2.24) is 4.98 Å². The number of nitrogens with one attached hydrogen (secondary N) is 2. The third-order valence-corrected chi connectivity index (χ3v) is 3.39. The third kappa shape index (κ3) is 4.47.